The number of aromatic nitrogens is 2. The number of likely N-dealkylation sites (tertiary alicyclic amines) is 1. The Labute approximate surface area is 161 Å². The minimum Gasteiger partial charge on any atom is -0.465 e. The minimum atomic E-state index is -0.994. The van der Waals surface area contributed by atoms with Gasteiger partial charge in [0.2, 0.25) is 5.91 Å². The quantitative estimate of drug-likeness (QED) is 0.720. The van der Waals surface area contributed by atoms with Crippen molar-refractivity contribution in [3.63, 3.8) is 0 Å². The molecule has 0 aliphatic carbocycles. The van der Waals surface area contributed by atoms with Crippen molar-refractivity contribution in [1.82, 2.24) is 15.0 Å². The summed E-state index contributed by atoms with van der Waals surface area (Å²) >= 11 is 0. The molecule has 2 aromatic heterocycles. The molecule has 1 saturated heterocycles. The van der Waals surface area contributed by atoms with E-state index in [9.17, 15) is 9.59 Å². The molecule has 3 aromatic rings. The first-order valence-corrected chi connectivity index (χ1v) is 9.04. The van der Waals surface area contributed by atoms with E-state index in [1.165, 1.54) is 4.90 Å². The third kappa shape index (κ3) is 3.28. The Morgan fingerprint density at radius 2 is 2.07 bits per heavy atom. The lowest BCUT2D eigenvalue weighted by Crippen LogP contribution is -2.30. The summed E-state index contributed by atoms with van der Waals surface area (Å²) in [7, 11) is 0. The predicted molar refractivity (Wildman–Crippen MR) is 103 cm³/mol. The fraction of sp³-hybridized carbons (Fsp3) is 0.300. The number of aryl methyl sites for hydroxylation is 2. The van der Waals surface area contributed by atoms with Crippen LogP contribution >= 0.6 is 0 Å². The third-order valence-electron chi connectivity index (χ3n) is 5.12. The van der Waals surface area contributed by atoms with Gasteiger partial charge in [0.1, 0.15) is 11.6 Å². The maximum atomic E-state index is 12.5. The van der Waals surface area contributed by atoms with Crippen LogP contribution in [0.3, 0.4) is 0 Å². The predicted octanol–water partition coefficient (Wildman–Crippen LogP) is 3.45. The lowest BCUT2D eigenvalue weighted by Gasteiger charge is -2.12. The molecular formula is C20H20N4O4. The summed E-state index contributed by atoms with van der Waals surface area (Å²) in [5.41, 5.74) is 2.77. The Morgan fingerprint density at radius 1 is 1.25 bits per heavy atom. The Balaban J connectivity index is 1.57. The van der Waals surface area contributed by atoms with Crippen LogP contribution in [-0.4, -0.2) is 45.2 Å². The molecule has 1 aliphatic heterocycles. The molecule has 4 rings (SSSR count). The summed E-state index contributed by atoms with van der Waals surface area (Å²) < 4.78 is 5.26. The number of nitrogens with one attached hydrogen (secondary N) is 1. The molecule has 1 aliphatic rings. The molecule has 8 nitrogen and oxygen atoms in total. The maximum Gasteiger partial charge on any atom is 0.407 e. The van der Waals surface area contributed by atoms with Crippen LogP contribution in [0, 0.1) is 19.8 Å². The SMILES string of the molecule is Cc1noc(C)c1-c1ccc2cnc(NC(=O)[C@H]3CCN(C(=O)O)C3)cc2c1. The molecule has 0 saturated carbocycles. The molecule has 28 heavy (non-hydrogen) atoms. The summed E-state index contributed by atoms with van der Waals surface area (Å²) in [4.78, 5) is 29.1. The van der Waals surface area contributed by atoms with Crippen molar-refractivity contribution in [2.24, 2.45) is 5.92 Å². The standard InChI is InChI=1S/C20H20N4O4/c1-11-18(12(2)28-23-11)13-3-4-14-9-21-17(8-16(14)7-13)22-19(25)15-5-6-24(10-15)20(26)27/h3-4,7-9,15H,5-6,10H2,1-2H3,(H,26,27)(H,21,22,25)/t15-/m0/s1. The minimum absolute atomic E-state index is 0.211. The molecule has 1 fully saturated rings. The summed E-state index contributed by atoms with van der Waals surface area (Å²) in [6, 6.07) is 7.80. The third-order valence-corrected chi connectivity index (χ3v) is 5.12. The summed E-state index contributed by atoms with van der Waals surface area (Å²) in [6.07, 6.45) is 1.23. The number of nitrogens with zero attached hydrogens (tertiary/aromatic N) is 3. The Kier molecular flexibility index (Phi) is 4.46. The first-order valence-electron chi connectivity index (χ1n) is 9.04. The Morgan fingerprint density at radius 3 is 2.75 bits per heavy atom. The number of carbonyl (C=O) groups is 2. The van der Waals surface area contributed by atoms with E-state index in [4.69, 9.17) is 9.63 Å². The smallest absolute Gasteiger partial charge is 0.407 e. The second-order valence-electron chi connectivity index (χ2n) is 7.03. The average molecular weight is 380 g/mol. The van der Waals surface area contributed by atoms with Gasteiger partial charge in [-0.05, 0) is 43.4 Å². The molecular weight excluding hydrogens is 360 g/mol. The number of benzene rings is 1. The first kappa shape index (κ1) is 18.0. The molecule has 1 atom stereocenters. The summed E-state index contributed by atoms with van der Waals surface area (Å²) in [6.45, 7) is 4.36. The van der Waals surface area contributed by atoms with E-state index in [2.05, 4.69) is 15.5 Å². The van der Waals surface area contributed by atoms with Gasteiger partial charge in [0, 0.05) is 30.2 Å². The van der Waals surface area contributed by atoms with Gasteiger partial charge in [0.25, 0.3) is 0 Å². The van der Waals surface area contributed by atoms with Gasteiger partial charge in [0.05, 0.1) is 11.6 Å². The summed E-state index contributed by atoms with van der Waals surface area (Å²) in [5, 5.41) is 17.7. The average Bonchev–Trinajstić information content (AvgIpc) is 3.28. The van der Waals surface area contributed by atoms with E-state index >= 15 is 0 Å². The number of fused-ring (bicyclic) bond motifs is 1. The number of amides is 2. The van der Waals surface area contributed by atoms with Gasteiger partial charge in [-0.15, -0.1) is 0 Å². The van der Waals surface area contributed by atoms with E-state index in [-0.39, 0.29) is 18.4 Å². The molecule has 0 unspecified atom stereocenters. The lowest BCUT2D eigenvalue weighted by atomic mass is 10.0. The molecule has 2 amide bonds. The van der Waals surface area contributed by atoms with Crippen LogP contribution in [0.25, 0.3) is 21.9 Å². The van der Waals surface area contributed by atoms with E-state index in [0.717, 1.165) is 33.4 Å². The fourth-order valence-electron chi connectivity index (χ4n) is 3.64. The van der Waals surface area contributed by atoms with Gasteiger partial charge in [-0.2, -0.15) is 0 Å². The number of carboxylic acid groups (broad SMARTS) is 1. The Hall–Kier alpha value is -3.42. The highest BCUT2D eigenvalue weighted by Gasteiger charge is 2.31. The topological polar surface area (TPSA) is 109 Å². The van der Waals surface area contributed by atoms with Gasteiger partial charge < -0.3 is 19.8 Å². The highest BCUT2D eigenvalue weighted by Crippen LogP contribution is 2.30. The van der Waals surface area contributed by atoms with Crippen molar-refractivity contribution in [3.8, 4) is 11.1 Å². The van der Waals surface area contributed by atoms with E-state index in [0.29, 0.717) is 18.8 Å². The van der Waals surface area contributed by atoms with Crippen molar-refractivity contribution < 1.29 is 19.2 Å². The number of rotatable bonds is 3. The molecule has 0 spiro atoms. The highest BCUT2D eigenvalue weighted by molar-refractivity contribution is 5.95. The summed E-state index contributed by atoms with van der Waals surface area (Å²) in [5.74, 6) is 0.630. The van der Waals surface area contributed by atoms with Crippen LogP contribution in [0.1, 0.15) is 17.9 Å². The van der Waals surface area contributed by atoms with Crippen LogP contribution in [0.15, 0.2) is 35.0 Å². The number of carbonyl (C=O) groups excluding carboxylic acids is 1. The van der Waals surface area contributed by atoms with Crippen molar-refractivity contribution in [3.05, 3.63) is 41.9 Å². The Bertz CT molecular complexity index is 1060. The number of pyridine rings is 1. The van der Waals surface area contributed by atoms with E-state index in [1.54, 1.807) is 6.20 Å². The maximum absolute atomic E-state index is 12.5. The van der Waals surface area contributed by atoms with Gasteiger partial charge >= 0.3 is 6.09 Å². The molecule has 1 aromatic carbocycles. The van der Waals surface area contributed by atoms with Crippen LogP contribution in [-0.2, 0) is 4.79 Å². The van der Waals surface area contributed by atoms with Gasteiger partial charge in [-0.3, -0.25) is 4.79 Å². The van der Waals surface area contributed by atoms with Crippen molar-refractivity contribution >= 4 is 28.6 Å². The number of hydrogen-bond acceptors (Lipinski definition) is 5. The molecule has 144 valence electrons. The van der Waals surface area contributed by atoms with Crippen molar-refractivity contribution in [1.29, 1.82) is 0 Å². The molecule has 8 heteroatoms. The zero-order chi connectivity index (χ0) is 19.8. The molecule has 3 heterocycles. The molecule has 0 radical (unpaired) electrons. The zero-order valence-corrected chi connectivity index (χ0v) is 15.6. The number of hydrogen-bond donors (Lipinski definition) is 2. The van der Waals surface area contributed by atoms with Crippen LogP contribution in [0.5, 0.6) is 0 Å². The lowest BCUT2D eigenvalue weighted by molar-refractivity contribution is -0.119. The largest absolute Gasteiger partial charge is 0.465 e. The van der Waals surface area contributed by atoms with Crippen LogP contribution < -0.4 is 5.32 Å². The van der Waals surface area contributed by atoms with Crippen molar-refractivity contribution in [2.45, 2.75) is 20.3 Å². The van der Waals surface area contributed by atoms with Crippen LogP contribution in [0.4, 0.5) is 10.6 Å². The fourth-order valence-corrected chi connectivity index (χ4v) is 3.64. The van der Waals surface area contributed by atoms with Gasteiger partial charge in [-0.25, -0.2) is 9.78 Å². The normalized spacial score (nSPS) is 16.5. The monoisotopic (exact) mass is 380 g/mol. The highest BCUT2D eigenvalue weighted by atomic mass is 16.5. The molecule has 0 bridgehead atoms. The van der Waals surface area contributed by atoms with Gasteiger partial charge in [-0.1, -0.05) is 17.3 Å². The zero-order valence-electron chi connectivity index (χ0n) is 15.6. The first-order chi connectivity index (χ1) is 13.4. The second kappa shape index (κ2) is 6.95. The number of anilines is 1. The second-order valence-corrected chi connectivity index (χ2v) is 7.03. The van der Waals surface area contributed by atoms with E-state index < -0.39 is 6.09 Å². The van der Waals surface area contributed by atoms with E-state index in [1.807, 2.05) is 38.1 Å². The van der Waals surface area contributed by atoms with Crippen molar-refractivity contribution in [2.75, 3.05) is 18.4 Å². The van der Waals surface area contributed by atoms with Gasteiger partial charge in [0.15, 0.2) is 0 Å². The molecule has 2 N–H and O–H groups in total. The van der Waals surface area contributed by atoms with Crippen LogP contribution in [0.2, 0.25) is 0 Å².